The molecule has 4 unspecified atom stereocenters. The molecule has 2 saturated carbocycles. The van der Waals surface area contributed by atoms with Crippen LogP contribution >= 0.6 is 11.8 Å². The van der Waals surface area contributed by atoms with E-state index in [4.69, 9.17) is 4.74 Å². The predicted molar refractivity (Wildman–Crippen MR) is 126 cm³/mol. The Morgan fingerprint density at radius 1 is 1.12 bits per heavy atom. The number of ketones is 1. The Balaban J connectivity index is 1.37. The highest BCUT2D eigenvalue weighted by molar-refractivity contribution is 7.99. The highest BCUT2D eigenvalue weighted by Gasteiger charge is 2.43. The molecule has 2 aromatic carbocycles. The van der Waals surface area contributed by atoms with Gasteiger partial charge in [-0.1, -0.05) is 60.6 Å². The summed E-state index contributed by atoms with van der Waals surface area (Å²) in [4.78, 5) is 12.7. The van der Waals surface area contributed by atoms with E-state index in [2.05, 4.69) is 21.7 Å². The van der Waals surface area contributed by atoms with Crippen molar-refractivity contribution in [1.29, 1.82) is 0 Å². The van der Waals surface area contributed by atoms with Gasteiger partial charge in [0.05, 0.1) is 5.75 Å². The molecular formula is C26H28FN3O2S. The van der Waals surface area contributed by atoms with E-state index in [-0.39, 0.29) is 24.2 Å². The summed E-state index contributed by atoms with van der Waals surface area (Å²) < 4.78 is 22.0. The average molecular weight is 466 g/mol. The first-order chi connectivity index (χ1) is 16.1. The van der Waals surface area contributed by atoms with Crippen LogP contribution < -0.4 is 4.74 Å². The fourth-order valence-electron chi connectivity index (χ4n) is 5.53. The fraction of sp³-hybridized carbons (Fsp3) is 0.423. The van der Waals surface area contributed by atoms with E-state index in [9.17, 15) is 9.18 Å². The molecule has 0 aliphatic heterocycles. The topological polar surface area (TPSA) is 57.0 Å². The van der Waals surface area contributed by atoms with Crippen molar-refractivity contribution in [3.05, 3.63) is 71.8 Å². The number of ether oxygens (including phenoxy) is 1. The number of hydrogen-bond donors (Lipinski definition) is 0. The summed E-state index contributed by atoms with van der Waals surface area (Å²) >= 11 is 1.41. The van der Waals surface area contributed by atoms with Gasteiger partial charge in [0.1, 0.15) is 6.61 Å². The number of aromatic nitrogens is 3. The maximum atomic E-state index is 14.1. The number of carbonyl (C=O) groups is 1. The van der Waals surface area contributed by atoms with E-state index >= 15 is 0 Å². The Hall–Kier alpha value is -2.67. The number of rotatable bonds is 9. The monoisotopic (exact) mass is 465 g/mol. The van der Waals surface area contributed by atoms with Gasteiger partial charge in [-0.25, -0.2) is 4.39 Å². The molecule has 4 atom stereocenters. The Morgan fingerprint density at radius 2 is 1.91 bits per heavy atom. The predicted octanol–water partition coefficient (Wildman–Crippen LogP) is 5.97. The maximum absolute atomic E-state index is 14.1. The second kappa shape index (κ2) is 9.67. The number of halogens is 1. The molecule has 2 bridgehead atoms. The van der Waals surface area contributed by atoms with Gasteiger partial charge in [-0.3, -0.25) is 9.36 Å². The molecule has 2 aliphatic rings. The van der Waals surface area contributed by atoms with Crippen molar-refractivity contribution >= 4 is 17.5 Å². The van der Waals surface area contributed by atoms with Crippen LogP contribution in [0.25, 0.3) is 0 Å². The number of para-hydroxylation sites is 1. The third-order valence-corrected chi connectivity index (χ3v) is 8.12. The van der Waals surface area contributed by atoms with Gasteiger partial charge in [0, 0.05) is 11.6 Å². The van der Waals surface area contributed by atoms with E-state index in [1.807, 2.05) is 30.3 Å². The molecule has 3 aromatic rings. The van der Waals surface area contributed by atoms with Gasteiger partial charge in [-0.15, -0.1) is 10.2 Å². The Bertz CT molecular complexity index is 1120. The van der Waals surface area contributed by atoms with Crippen LogP contribution in [0.3, 0.4) is 0 Å². The summed E-state index contributed by atoms with van der Waals surface area (Å²) in [7, 11) is 0. The minimum Gasteiger partial charge on any atom is -0.483 e. The van der Waals surface area contributed by atoms with E-state index < -0.39 is 5.82 Å². The maximum Gasteiger partial charge on any atom is 0.192 e. The van der Waals surface area contributed by atoms with Crippen molar-refractivity contribution < 1.29 is 13.9 Å². The Morgan fingerprint density at radius 3 is 2.64 bits per heavy atom. The zero-order chi connectivity index (χ0) is 22.8. The molecule has 1 aromatic heterocycles. The first-order valence-electron chi connectivity index (χ1n) is 11.6. The molecule has 172 valence electrons. The van der Waals surface area contributed by atoms with Crippen molar-refractivity contribution in [3.8, 4) is 5.75 Å². The minimum atomic E-state index is -0.396. The van der Waals surface area contributed by atoms with E-state index in [1.54, 1.807) is 18.2 Å². The number of Topliss-reactive ketones (excluding diaryl/α,β-unsaturated/α-hetero) is 1. The molecule has 2 aliphatic carbocycles. The summed E-state index contributed by atoms with van der Waals surface area (Å²) in [5, 5.41) is 9.54. The van der Waals surface area contributed by atoms with Crippen molar-refractivity contribution in [1.82, 2.24) is 14.8 Å². The van der Waals surface area contributed by atoms with Crippen LogP contribution in [0.15, 0.2) is 59.8 Å². The number of carbonyl (C=O) groups excluding carboxylic acids is 1. The second-order valence-corrected chi connectivity index (χ2v) is 10.1. The molecule has 7 heteroatoms. The third kappa shape index (κ3) is 4.69. The molecule has 5 rings (SSSR count). The Labute approximate surface area is 197 Å². The molecule has 2 fully saturated rings. The van der Waals surface area contributed by atoms with Crippen molar-refractivity contribution in [3.63, 3.8) is 0 Å². The zero-order valence-corrected chi connectivity index (χ0v) is 19.5. The highest BCUT2D eigenvalue weighted by Crippen LogP contribution is 2.52. The van der Waals surface area contributed by atoms with Crippen molar-refractivity contribution in [2.24, 2.45) is 17.8 Å². The average Bonchev–Trinajstić information content (AvgIpc) is 3.58. The molecule has 0 radical (unpaired) electrons. The molecule has 0 amide bonds. The number of fused-ring (bicyclic) bond motifs is 2. The molecule has 0 spiro atoms. The lowest BCUT2D eigenvalue weighted by Gasteiger charge is -2.30. The SMILES string of the molecule is CC(C1CC2CCC1C2)n1c(COc2ccccc2F)nnc1SCC(=O)c1ccccc1. The normalized spacial score (nSPS) is 22.4. The summed E-state index contributed by atoms with van der Waals surface area (Å²) in [6.45, 7) is 2.36. The van der Waals surface area contributed by atoms with E-state index in [0.29, 0.717) is 23.1 Å². The molecule has 0 N–H and O–H groups in total. The molecule has 0 saturated heterocycles. The molecule has 33 heavy (non-hydrogen) atoms. The van der Waals surface area contributed by atoms with Crippen LogP contribution in [-0.2, 0) is 6.61 Å². The van der Waals surface area contributed by atoms with E-state index in [0.717, 1.165) is 17.0 Å². The molecule has 1 heterocycles. The lowest BCUT2D eigenvalue weighted by molar-refractivity contribution is 0.102. The number of thioether (sulfide) groups is 1. The van der Waals surface area contributed by atoms with Gasteiger partial charge in [0.15, 0.2) is 28.3 Å². The van der Waals surface area contributed by atoms with Gasteiger partial charge in [0.25, 0.3) is 0 Å². The molecule has 5 nitrogen and oxygen atoms in total. The van der Waals surface area contributed by atoms with Crippen LogP contribution in [-0.4, -0.2) is 26.3 Å². The summed E-state index contributed by atoms with van der Waals surface area (Å²) in [6.07, 6.45) is 5.17. The van der Waals surface area contributed by atoms with Gasteiger partial charge >= 0.3 is 0 Å². The van der Waals surface area contributed by atoms with Crippen molar-refractivity contribution in [2.75, 3.05) is 5.75 Å². The third-order valence-electron chi connectivity index (χ3n) is 7.18. The lowest BCUT2D eigenvalue weighted by atomic mass is 9.84. The van der Waals surface area contributed by atoms with Gasteiger partial charge < -0.3 is 4.74 Å². The van der Waals surface area contributed by atoms with Crippen LogP contribution in [0.2, 0.25) is 0 Å². The molecular weight excluding hydrogens is 437 g/mol. The van der Waals surface area contributed by atoms with Gasteiger partial charge in [-0.05, 0) is 56.1 Å². The zero-order valence-electron chi connectivity index (χ0n) is 18.7. The summed E-state index contributed by atoms with van der Waals surface area (Å²) in [5.41, 5.74) is 0.695. The first-order valence-corrected chi connectivity index (χ1v) is 12.6. The van der Waals surface area contributed by atoms with Crippen LogP contribution in [0.5, 0.6) is 5.75 Å². The van der Waals surface area contributed by atoms with Crippen LogP contribution in [0, 0.1) is 23.6 Å². The smallest absolute Gasteiger partial charge is 0.192 e. The highest BCUT2D eigenvalue weighted by atomic mass is 32.2. The summed E-state index contributed by atoms with van der Waals surface area (Å²) in [6, 6.07) is 15.9. The van der Waals surface area contributed by atoms with Gasteiger partial charge in [-0.2, -0.15) is 0 Å². The lowest BCUT2D eigenvalue weighted by Crippen LogP contribution is -2.24. The number of benzene rings is 2. The Kier molecular flexibility index (Phi) is 6.49. The number of nitrogens with zero attached hydrogens (tertiary/aromatic N) is 3. The van der Waals surface area contributed by atoms with E-state index in [1.165, 1.54) is 43.5 Å². The minimum absolute atomic E-state index is 0.0619. The van der Waals surface area contributed by atoms with Gasteiger partial charge in [0.2, 0.25) is 0 Å². The number of hydrogen-bond acceptors (Lipinski definition) is 5. The second-order valence-electron chi connectivity index (χ2n) is 9.15. The van der Waals surface area contributed by atoms with Crippen LogP contribution in [0.4, 0.5) is 4.39 Å². The first kappa shape index (κ1) is 22.1. The standard InChI is InChI=1S/C26H28FN3O2S/c1-17(21-14-18-11-12-20(21)13-18)30-25(15-32-24-10-6-5-9-22(24)27)28-29-26(30)33-16-23(31)19-7-3-2-4-8-19/h2-10,17-18,20-21H,11-16H2,1H3. The van der Waals surface area contributed by atoms with Crippen molar-refractivity contribution in [2.45, 2.75) is 50.4 Å². The largest absolute Gasteiger partial charge is 0.483 e. The van der Waals surface area contributed by atoms with Crippen LogP contribution in [0.1, 0.15) is 54.8 Å². The fourth-order valence-corrected chi connectivity index (χ4v) is 6.47. The summed E-state index contributed by atoms with van der Waals surface area (Å²) in [5.74, 6) is 2.95. The quantitative estimate of drug-likeness (QED) is 0.288.